The van der Waals surface area contributed by atoms with Gasteiger partial charge >= 0.3 is 6.09 Å². The van der Waals surface area contributed by atoms with E-state index in [0.717, 1.165) is 12.8 Å². The molecule has 0 bridgehead atoms. The Hall–Kier alpha value is -0.810. The summed E-state index contributed by atoms with van der Waals surface area (Å²) in [6.07, 6.45) is 2.10. The van der Waals surface area contributed by atoms with Crippen molar-refractivity contribution >= 4 is 6.09 Å². The monoisotopic (exact) mass is 256 g/mol. The first-order valence-electron chi connectivity index (χ1n) is 6.65. The minimum atomic E-state index is -0.439. The Kier molecular flexibility index (Phi) is 3.56. The molecule has 1 aliphatic heterocycles. The number of carbonyl (C=O) groups excluding carboxylic acids is 1. The molecule has 0 aromatic heterocycles. The molecule has 1 aliphatic carbocycles. The van der Waals surface area contributed by atoms with Gasteiger partial charge in [-0.25, -0.2) is 4.79 Å². The molecule has 1 heterocycles. The van der Waals surface area contributed by atoms with Gasteiger partial charge in [0, 0.05) is 12.1 Å². The molecule has 0 radical (unpaired) electrons. The molecule has 1 N–H and O–H groups in total. The van der Waals surface area contributed by atoms with Crippen LogP contribution in [-0.2, 0) is 9.47 Å². The fraction of sp³-hybridized carbons (Fsp3) is 0.923. The number of hydrogen-bond donors (Lipinski definition) is 1. The maximum Gasteiger partial charge on any atom is 0.410 e. The van der Waals surface area contributed by atoms with Crippen LogP contribution < -0.4 is 5.32 Å². The standard InChI is InChI=1S/C13H24N2O3/c1-12(2,3)18-11(16)15-7-8-17-10(9-15)13(14-4)5-6-13/h10,14H,5-9H2,1-4H3. The van der Waals surface area contributed by atoms with Crippen LogP contribution in [0.4, 0.5) is 4.79 Å². The van der Waals surface area contributed by atoms with E-state index in [9.17, 15) is 4.79 Å². The molecule has 1 atom stereocenters. The van der Waals surface area contributed by atoms with E-state index in [1.54, 1.807) is 4.90 Å². The van der Waals surface area contributed by atoms with E-state index in [0.29, 0.717) is 19.7 Å². The lowest BCUT2D eigenvalue weighted by molar-refractivity contribution is -0.0585. The highest BCUT2D eigenvalue weighted by molar-refractivity contribution is 5.68. The van der Waals surface area contributed by atoms with Gasteiger partial charge in [-0.2, -0.15) is 0 Å². The summed E-state index contributed by atoms with van der Waals surface area (Å²) >= 11 is 0. The number of morpholine rings is 1. The van der Waals surface area contributed by atoms with E-state index in [1.165, 1.54) is 0 Å². The average molecular weight is 256 g/mol. The van der Waals surface area contributed by atoms with Gasteiger partial charge in [-0.3, -0.25) is 0 Å². The predicted molar refractivity (Wildman–Crippen MR) is 68.6 cm³/mol. The van der Waals surface area contributed by atoms with Gasteiger partial charge in [-0.1, -0.05) is 0 Å². The molecule has 2 fully saturated rings. The SMILES string of the molecule is CNC1(C2CN(C(=O)OC(C)(C)C)CCO2)CC1. The highest BCUT2D eigenvalue weighted by Gasteiger charge is 2.51. The van der Waals surface area contributed by atoms with Crippen molar-refractivity contribution in [1.82, 2.24) is 10.2 Å². The van der Waals surface area contributed by atoms with Crippen LogP contribution in [0, 0.1) is 0 Å². The van der Waals surface area contributed by atoms with Gasteiger partial charge in [0.25, 0.3) is 0 Å². The number of nitrogens with one attached hydrogen (secondary N) is 1. The van der Waals surface area contributed by atoms with E-state index >= 15 is 0 Å². The largest absolute Gasteiger partial charge is 0.444 e. The molecule has 1 amide bonds. The molecule has 5 heteroatoms. The lowest BCUT2D eigenvalue weighted by atomic mass is 10.1. The minimum Gasteiger partial charge on any atom is -0.444 e. The Morgan fingerprint density at radius 1 is 1.44 bits per heavy atom. The van der Waals surface area contributed by atoms with Crippen LogP contribution in [0.15, 0.2) is 0 Å². The summed E-state index contributed by atoms with van der Waals surface area (Å²) in [5, 5.41) is 3.33. The highest BCUT2D eigenvalue weighted by atomic mass is 16.6. The summed E-state index contributed by atoms with van der Waals surface area (Å²) in [6.45, 7) is 7.49. The van der Waals surface area contributed by atoms with E-state index in [1.807, 2.05) is 27.8 Å². The Morgan fingerprint density at radius 2 is 2.11 bits per heavy atom. The van der Waals surface area contributed by atoms with Gasteiger partial charge in [0.1, 0.15) is 5.60 Å². The third-order valence-electron chi connectivity index (χ3n) is 3.62. The van der Waals surface area contributed by atoms with Gasteiger partial charge in [0.15, 0.2) is 0 Å². The maximum atomic E-state index is 12.0. The Balaban J connectivity index is 1.93. The topological polar surface area (TPSA) is 50.8 Å². The molecule has 1 saturated carbocycles. The molecule has 18 heavy (non-hydrogen) atoms. The third-order valence-corrected chi connectivity index (χ3v) is 3.62. The van der Waals surface area contributed by atoms with Crippen LogP contribution in [0.25, 0.3) is 0 Å². The van der Waals surface area contributed by atoms with Gasteiger partial charge in [0.2, 0.25) is 0 Å². The second-order valence-electron chi connectivity index (χ2n) is 6.19. The molecule has 0 aromatic rings. The number of nitrogens with zero attached hydrogens (tertiary/aromatic N) is 1. The van der Waals surface area contributed by atoms with Crippen LogP contribution in [0.5, 0.6) is 0 Å². The number of likely N-dealkylation sites (N-methyl/N-ethyl adjacent to an activating group) is 1. The third kappa shape index (κ3) is 2.95. The van der Waals surface area contributed by atoms with Gasteiger partial charge in [-0.05, 0) is 40.7 Å². The number of rotatable bonds is 2. The Labute approximate surface area is 109 Å². The summed E-state index contributed by atoms with van der Waals surface area (Å²) in [6, 6.07) is 0. The van der Waals surface area contributed by atoms with Gasteiger partial charge in [-0.15, -0.1) is 0 Å². The van der Waals surface area contributed by atoms with Crippen molar-refractivity contribution < 1.29 is 14.3 Å². The van der Waals surface area contributed by atoms with Crippen LogP contribution in [0.2, 0.25) is 0 Å². The quantitative estimate of drug-likeness (QED) is 0.811. The van der Waals surface area contributed by atoms with E-state index in [4.69, 9.17) is 9.47 Å². The molecule has 5 nitrogen and oxygen atoms in total. The van der Waals surface area contributed by atoms with E-state index in [-0.39, 0.29) is 17.7 Å². The smallest absolute Gasteiger partial charge is 0.410 e. The molecule has 2 rings (SSSR count). The van der Waals surface area contributed by atoms with Crippen LogP contribution in [-0.4, -0.2) is 55.0 Å². The molecule has 1 unspecified atom stereocenters. The Morgan fingerprint density at radius 3 is 2.61 bits per heavy atom. The number of ether oxygens (including phenoxy) is 2. The number of amides is 1. The average Bonchev–Trinajstić information content (AvgIpc) is 3.08. The normalized spacial score (nSPS) is 26.9. The summed E-state index contributed by atoms with van der Waals surface area (Å²) < 4.78 is 11.2. The molecule has 2 aliphatic rings. The van der Waals surface area contributed by atoms with Crippen molar-refractivity contribution in [1.29, 1.82) is 0 Å². The predicted octanol–water partition coefficient (Wildman–Crippen LogP) is 1.37. The van der Waals surface area contributed by atoms with Crippen LogP contribution in [0.3, 0.4) is 0 Å². The number of carbonyl (C=O) groups is 1. The zero-order chi connectivity index (χ0) is 13.4. The first kappa shape index (κ1) is 13.6. The second-order valence-corrected chi connectivity index (χ2v) is 6.19. The maximum absolute atomic E-state index is 12.0. The lowest BCUT2D eigenvalue weighted by Gasteiger charge is -2.37. The first-order valence-corrected chi connectivity index (χ1v) is 6.65. The van der Waals surface area contributed by atoms with Crippen molar-refractivity contribution in [2.45, 2.75) is 50.9 Å². The molecular formula is C13H24N2O3. The van der Waals surface area contributed by atoms with Crippen molar-refractivity contribution in [3.63, 3.8) is 0 Å². The van der Waals surface area contributed by atoms with E-state index in [2.05, 4.69) is 5.32 Å². The van der Waals surface area contributed by atoms with Crippen molar-refractivity contribution in [2.75, 3.05) is 26.7 Å². The summed E-state index contributed by atoms with van der Waals surface area (Å²) in [4.78, 5) is 13.8. The molecule has 104 valence electrons. The summed E-state index contributed by atoms with van der Waals surface area (Å²) in [5.74, 6) is 0. The van der Waals surface area contributed by atoms with Crippen LogP contribution in [0.1, 0.15) is 33.6 Å². The summed E-state index contributed by atoms with van der Waals surface area (Å²) in [7, 11) is 1.96. The van der Waals surface area contributed by atoms with Crippen molar-refractivity contribution in [2.24, 2.45) is 0 Å². The van der Waals surface area contributed by atoms with Crippen LogP contribution >= 0.6 is 0 Å². The molecule has 0 aromatic carbocycles. The fourth-order valence-electron chi connectivity index (χ4n) is 2.34. The zero-order valence-corrected chi connectivity index (χ0v) is 11.8. The van der Waals surface area contributed by atoms with Crippen molar-refractivity contribution in [3.05, 3.63) is 0 Å². The minimum absolute atomic E-state index is 0.0840. The zero-order valence-electron chi connectivity index (χ0n) is 11.8. The molecule has 1 saturated heterocycles. The first-order chi connectivity index (χ1) is 8.36. The molecular weight excluding hydrogens is 232 g/mol. The van der Waals surface area contributed by atoms with Gasteiger partial charge in [0.05, 0.1) is 19.3 Å². The highest BCUT2D eigenvalue weighted by Crippen LogP contribution is 2.40. The molecule has 0 spiro atoms. The summed E-state index contributed by atoms with van der Waals surface area (Å²) in [5.41, 5.74) is -0.355. The fourth-order valence-corrected chi connectivity index (χ4v) is 2.34. The Bertz CT molecular complexity index is 321. The van der Waals surface area contributed by atoms with E-state index < -0.39 is 5.60 Å². The van der Waals surface area contributed by atoms with Gasteiger partial charge < -0.3 is 19.7 Å². The number of hydrogen-bond acceptors (Lipinski definition) is 4. The second kappa shape index (κ2) is 4.70. The van der Waals surface area contributed by atoms with Crippen molar-refractivity contribution in [3.8, 4) is 0 Å². The lowest BCUT2D eigenvalue weighted by Crippen LogP contribution is -2.55.